The highest BCUT2D eigenvalue weighted by Crippen LogP contribution is 2.20. The Hall–Kier alpha value is -2.74. The Labute approximate surface area is 142 Å². The van der Waals surface area contributed by atoms with Crippen molar-refractivity contribution in [3.05, 3.63) is 46.7 Å². The van der Waals surface area contributed by atoms with Crippen molar-refractivity contribution in [3.63, 3.8) is 0 Å². The largest absolute Gasteiger partial charge is 0.497 e. The minimum atomic E-state index is -0.321. The number of carbonyl (C=O) groups excluding carboxylic acids is 1. The number of hydrogen-bond acceptors (Lipinski definition) is 8. The number of hydrogen-bond donors (Lipinski definition) is 0. The molecule has 2 heterocycles. The Bertz CT molecular complexity index is 784. The van der Waals surface area contributed by atoms with Crippen molar-refractivity contribution >= 4 is 17.3 Å². The van der Waals surface area contributed by atoms with E-state index in [1.807, 2.05) is 17.5 Å². The van der Waals surface area contributed by atoms with Gasteiger partial charge < -0.3 is 14.0 Å². The molecule has 0 fully saturated rings. The van der Waals surface area contributed by atoms with E-state index in [1.165, 1.54) is 11.3 Å². The van der Waals surface area contributed by atoms with E-state index in [9.17, 15) is 4.79 Å². The van der Waals surface area contributed by atoms with Crippen molar-refractivity contribution in [3.8, 4) is 17.2 Å². The highest BCUT2D eigenvalue weighted by molar-refractivity contribution is 7.07. The van der Waals surface area contributed by atoms with Crippen LogP contribution in [0.15, 0.2) is 39.7 Å². The molecule has 3 aromatic rings. The number of aromatic nitrogens is 3. The van der Waals surface area contributed by atoms with Gasteiger partial charge in [-0.3, -0.25) is 4.79 Å². The molecule has 2 aromatic heterocycles. The van der Waals surface area contributed by atoms with E-state index in [-0.39, 0.29) is 19.0 Å². The Balaban J connectivity index is 1.51. The van der Waals surface area contributed by atoms with Gasteiger partial charge in [-0.1, -0.05) is 5.16 Å². The average Bonchev–Trinajstić information content (AvgIpc) is 3.30. The Morgan fingerprint density at radius 2 is 2.12 bits per heavy atom. The molecule has 0 atom stereocenters. The van der Waals surface area contributed by atoms with Crippen molar-refractivity contribution in [1.82, 2.24) is 15.1 Å². The predicted molar refractivity (Wildman–Crippen MR) is 86.5 cm³/mol. The van der Waals surface area contributed by atoms with E-state index in [4.69, 9.17) is 14.0 Å². The Morgan fingerprint density at radius 3 is 2.83 bits per heavy atom. The first kappa shape index (κ1) is 16.1. The first-order chi connectivity index (χ1) is 11.7. The molecule has 0 aliphatic heterocycles. The number of carbonyl (C=O) groups is 1. The van der Waals surface area contributed by atoms with Crippen LogP contribution in [0.2, 0.25) is 0 Å². The van der Waals surface area contributed by atoms with Crippen LogP contribution < -0.4 is 4.74 Å². The summed E-state index contributed by atoms with van der Waals surface area (Å²) in [6, 6.07) is 7.24. The van der Waals surface area contributed by atoms with Crippen LogP contribution in [0, 0.1) is 0 Å². The first-order valence-corrected chi connectivity index (χ1v) is 8.18. The van der Waals surface area contributed by atoms with Crippen molar-refractivity contribution in [2.24, 2.45) is 0 Å². The highest BCUT2D eigenvalue weighted by Gasteiger charge is 2.11. The first-order valence-electron chi connectivity index (χ1n) is 7.24. The molecule has 0 saturated carbocycles. The van der Waals surface area contributed by atoms with E-state index in [1.54, 1.807) is 24.8 Å². The number of nitrogens with zero attached hydrogens (tertiary/aromatic N) is 3. The molecule has 0 aliphatic carbocycles. The minimum Gasteiger partial charge on any atom is -0.497 e. The van der Waals surface area contributed by atoms with Crippen LogP contribution in [0.1, 0.15) is 17.9 Å². The molecule has 0 radical (unpaired) electrons. The molecule has 0 aliphatic rings. The Kier molecular flexibility index (Phi) is 5.17. The quantitative estimate of drug-likeness (QED) is 0.608. The maximum atomic E-state index is 11.7. The molecule has 0 unspecified atom stereocenters. The zero-order chi connectivity index (χ0) is 16.8. The fourth-order valence-corrected chi connectivity index (χ4v) is 2.56. The third kappa shape index (κ3) is 4.17. The summed E-state index contributed by atoms with van der Waals surface area (Å²) in [6.45, 7) is -0.0183. The molecule has 0 spiro atoms. The lowest BCUT2D eigenvalue weighted by molar-refractivity contribution is -0.145. The highest BCUT2D eigenvalue weighted by atomic mass is 32.1. The molecule has 3 rings (SSSR count). The van der Waals surface area contributed by atoms with Gasteiger partial charge >= 0.3 is 5.97 Å². The molecule has 8 heteroatoms. The average molecular weight is 345 g/mol. The van der Waals surface area contributed by atoms with Gasteiger partial charge in [0.25, 0.3) is 5.89 Å². The number of rotatable bonds is 7. The van der Waals surface area contributed by atoms with Crippen molar-refractivity contribution < 1.29 is 18.8 Å². The van der Waals surface area contributed by atoms with E-state index in [0.717, 1.165) is 17.0 Å². The number of methoxy groups -OCH3 is 1. The maximum absolute atomic E-state index is 11.7. The molecular weight excluding hydrogens is 330 g/mol. The van der Waals surface area contributed by atoms with Gasteiger partial charge in [-0.15, -0.1) is 11.3 Å². The molecule has 1 aromatic carbocycles. The van der Waals surface area contributed by atoms with Gasteiger partial charge in [0.1, 0.15) is 5.75 Å². The van der Waals surface area contributed by atoms with E-state index in [0.29, 0.717) is 18.1 Å². The predicted octanol–water partition coefficient (Wildman–Crippen LogP) is 2.88. The smallest absolute Gasteiger partial charge is 0.306 e. The summed E-state index contributed by atoms with van der Waals surface area (Å²) in [5, 5.41) is 5.72. The van der Waals surface area contributed by atoms with Crippen molar-refractivity contribution in [1.29, 1.82) is 0 Å². The fraction of sp³-hybridized carbons (Fsp3) is 0.250. The van der Waals surface area contributed by atoms with E-state index in [2.05, 4.69) is 15.1 Å². The van der Waals surface area contributed by atoms with Gasteiger partial charge in [-0.05, 0) is 24.3 Å². The van der Waals surface area contributed by atoms with Crippen LogP contribution >= 0.6 is 11.3 Å². The summed E-state index contributed by atoms with van der Waals surface area (Å²) in [6.07, 6.45) is 0.832. The SMILES string of the molecule is COc1ccc(-c2nc(COC(=O)CCc3cscn3)no2)cc1. The number of thiazole rings is 1. The van der Waals surface area contributed by atoms with Gasteiger partial charge in [0, 0.05) is 17.4 Å². The number of benzene rings is 1. The Morgan fingerprint density at radius 1 is 1.29 bits per heavy atom. The summed E-state index contributed by atoms with van der Waals surface area (Å²) in [7, 11) is 1.60. The molecule has 0 bridgehead atoms. The maximum Gasteiger partial charge on any atom is 0.306 e. The molecule has 7 nitrogen and oxygen atoms in total. The minimum absolute atomic E-state index is 0.0183. The lowest BCUT2D eigenvalue weighted by Gasteiger charge is -2.00. The van der Waals surface area contributed by atoms with Crippen LogP contribution in [0.3, 0.4) is 0 Å². The zero-order valence-electron chi connectivity index (χ0n) is 13.0. The van der Waals surface area contributed by atoms with Crippen LogP contribution in [0.4, 0.5) is 0 Å². The summed E-state index contributed by atoms with van der Waals surface area (Å²) in [5.74, 6) is 1.11. The molecule has 124 valence electrons. The van der Waals surface area contributed by atoms with Crippen LogP contribution in [0.25, 0.3) is 11.5 Å². The second-order valence-corrected chi connectivity index (χ2v) is 5.60. The molecular formula is C16H15N3O4S. The molecule has 0 saturated heterocycles. The van der Waals surface area contributed by atoms with Gasteiger partial charge in [0.2, 0.25) is 5.82 Å². The lowest BCUT2D eigenvalue weighted by atomic mass is 10.2. The number of ether oxygens (including phenoxy) is 2. The van der Waals surface area contributed by atoms with Crippen molar-refractivity contribution in [2.45, 2.75) is 19.4 Å². The standard InChI is InChI=1S/C16H15N3O4S/c1-21-13-5-2-11(3-6-13)16-18-14(19-23-16)8-22-15(20)7-4-12-9-24-10-17-12/h2-3,5-6,9-10H,4,7-8H2,1H3. The molecule has 0 amide bonds. The number of esters is 1. The monoisotopic (exact) mass is 345 g/mol. The van der Waals surface area contributed by atoms with Gasteiger partial charge in [0.05, 0.1) is 24.7 Å². The lowest BCUT2D eigenvalue weighted by Crippen LogP contribution is -2.06. The number of aryl methyl sites for hydroxylation is 1. The summed E-state index contributed by atoms with van der Waals surface area (Å²) in [4.78, 5) is 20.0. The van der Waals surface area contributed by atoms with Gasteiger partial charge in [-0.2, -0.15) is 4.98 Å². The van der Waals surface area contributed by atoms with Crippen LogP contribution in [-0.4, -0.2) is 28.2 Å². The van der Waals surface area contributed by atoms with Crippen LogP contribution in [0.5, 0.6) is 5.75 Å². The van der Waals surface area contributed by atoms with Crippen LogP contribution in [-0.2, 0) is 22.6 Å². The third-order valence-corrected chi connectivity index (χ3v) is 3.87. The third-order valence-electron chi connectivity index (χ3n) is 3.24. The van der Waals surface area contributed by atoms with E-state index >= 15 is 0 Å². The topological polar surface area (TPSA) is 87.3 Å². The molecule has 24 heavy (non-hydrogen) atoms. The summed E-state index contributed by atoms with van der Waals surface area (Å²) >= 11 is 1.50. The zero-order valence-corrected chi connectivity index (χ0v) is 13.8. The van der Waals surface area contributed by atoms with Gasteiger partial charge in [0.15, 0.2) is 6.61 Å². The van der Waals surface area contributed by atoms with E-state index < -0.39 is 0 Å². The normalized spacial score (nSPS) is 10.5. The van der Waals surface area contributed by atoms with Gasteiger partial charge in [-0.25, -0.2) is 4.98 Å². The second-order valence-electron chi connectivity index (χ2n) is 4.88. The summed E-state index contributed by atoms with van der Waals surface area (Å²) in [5.41, 5.74) is 3.39. The summed E-state index contributed by atoms with van der Waals surface area (Å²) < 4.78 is 15.4. The fourth-order valence-electron chi connectivity index (χ4n) is 1.97. The molecule has 0 N–H and O–H groups in total. The van der Waals surface area contributed by atoms with Crippen molar-refractivity contribution in [2.75, 3.05) is 7.11 Å². The second kappa shape index (κ2) is 7.69.